The molecule has 0 heterocycles. The Morgan fingerprint density at radius 2 is 0.652 bits per heavy atom. The highest BCUT2D eigenvalue weighted by molar-refractivity contribution is 5.84. The van der Waals surface area contributed by atoms with E-state index in [0.717, 1.165) is 6.42 Å². The largest absolute Gasteiger partial charge is 0.0622 e. The van der Waals surface area contributed by atoms with Crippen LogP contribution in [0.2, 0.25) is 0 Å². The first-order chi connectivity index (χ1) is 22.5. The van der Waals surface area contributed by atoms with E-state index in [1.54, 1.807) is 0 Å². The normalized spacial score (nSPS) is 11.0. The number of hydrogen-bond donors (Lipinski definition) is 0. The second-order valence-corrected chi connectivity index (χ2v) is 12.4. The van der Waals surface area contributed by atoms with Gasteiger partial charge in [-0.05, 0) is 135 Å². The Bertz CT molecular complexity index is 2120. The van der Waals surface area contributed by atoms with E-state index in [2.05, 4.69) is 185 Å². The lowest BCUT2D eigenvalue weighted by molar-refractivity contribution is 1.19. The number of hydrogen-bond acceptors (Lipinski definition) is 0. The Balaban J connectivity index is 1.33. The molecule has 0 aliphatic carbocycles. The smallest absolute Gasteiger partial charge is 0.00196 e. The van der Waals surface area contributed by atoms with Crippen LogP contribution in [0.5, 0.6) is 0 Å². The van der Waals surface area contributed by atoms with Gasteiger partial charge in [-0.3, -0.25) is 0 Å². The van der Waals surface area contributed by atoms with E-state index in [0.29, 0.717) is 0 Å². The molecule has 0 fully saturated rings. The Hall–Kier alpha value is -5.46. The fourth-order valence-electron chi connectivity index (χ4n) is 6.51. The molecule has 0 saturated heterocycles. The van der Waals surface area contributed by atoms with Crippen molar-refractivity contribution in [2.45, 2.75) is 27.2 Å². The molecule has 0 N–H and O–H groups in total. The van der Waals surface area contributed by atoms with Crippen LogP contribution >= 0.6 is 0 Å². The Morgan fingerprint density at radius 1 is 0.304 bits per heavy atom. The van der Waals surface area contributed by atoms with E-state index in [-0.39, 0.29) is 0 Å². The van der Waals surface area contributed by atoms with Gasteiger partial charge in [0.25, 0.3) is 0 Å². The first kappa shape index (κ1) is 29.3. The van der Waals surface area contributed by atoms with Gasteiger partial charge in [0.05, 0.1) is 0 Å². The molecule has 0 atom stereocenters. The van der Waals surface area contributed by atoms with Gasteiger partial charge in [-0.1, -0.05) is 140 Å². The van der Waals surface area contributed by atoms with Crippen LogP contribution in [0, 0.1) is 20.8 Å². The first-order valence-corrected chi connectivity index (χ1v) is 16.1. The van der Waals surface area contributed by atoms with Gasteiger partial charge in [0.1, 0.15) is 0 Å². The molecular formula is C46H38. The number of rotatable bonds is 7. The fraction of sp³-hybridized carbons (Fsp3) is 0.0870. The van der Waals surface area contributed by atoms with E-state index in [1.165, 1.54) is 83.5 Å². The van der Waals surface area contributed by atoms with Gasteiger partial charge in [-0.2, -0.15) is 0 Å². The lowest BCUT2D eigenvalue weighted by Crippen LogP contribution is -1.96. The summed E-state index contributed by atoms with van der Waals surface area (Å²) in [5, 5.41) is 0. The maximum Gasteiger partial charge on any atom is -0.00196 e. The summed E-state index contributed by atoms with van der Waals surface area (Å²) in [6, 6.07) is 59.9. The summed E-state index contributed by atoms with van der Waals surface area (Å²) in [6.07, 6.45) is 0.890. The van der Waals surface area contributed by atoms with E-state index in [1.807, 2.05) is 0 Å². The van der Waals surface area contributed by atoms with E-state index in [4.69, 9.17) is 0 Å². The number of aryl methyl sites for hydroxylation is 3. The molecule has 46 heavy (non-hydrogen) atoms. The van der Waals surface area contributed by atoms with Crippen LogP contribution in [0.15, 0.2) is 164 Å². The van der Waals surface area contributed by atoms with Crippen molar-refractivity contribution in [3.63, 3.8) is 0 Å². The zero-order valence-electron chi connectivity index (χ0n) is 26.8. The standard InChI is InChI=1S/C46H38/c1-32-19-22-38(36-15-9-5-10-16-36)28-43(32)44-29-40(23-20-33(44)2)41-24-21-34(3)45(30-41)46-31-39(37-17-11-6-12-18-37)25-26-42(46)27-35-13-7-4-8-14-35/h4-26,28-31H,27H2,1-3H3. The van der Waals surface area contributed by atoms with Gasteiger partial charge in [0.15, 0.2) is 0 Å². The quantitative estimate of drug-likeness (QED) is 0.173. The maximum atomic E-state index is 2.40. The van der Waals surface area contributed by atoms with Crippen molar-refractivity contribution in [2.75, 3.05) is 0 Å². The van der Waals surface area contributed by atoms with Gasteiger partial charge in [-0.15, -0.1) is 0 Å². The summed E-state index contributed by atoms with van der Waals surface area (Å²) in [6.45, 7) is 6.67. The first-order valence-electron chi connectivity index (χ1n) is 16.1. The Labute approximate surface area is 273 Å². The van der Waals surface area contributed by atoms with E-state index < -0.39 is 0 Å². The minimum atomic E-state index is 0.890. The molecule has 7 rings (SSSR count). The maximum absolute atomic E-state index is 2.40. The van der Waals surface area contributed by atoms with Gasteiger partial charge in [-0.25, -0.2) is 0 Å². The molecule has 222 valence electrons. The van der Waals surface area contributed by atoms with Crippen LogP contribution in [0.1, 0.15) is 27.8 Å². The third-order valence-corrected chi connectivity index (χ3v) is 9.19. The van der Waals surface area contributed by atoms with Crippen molar-refractivity contribution in [3.05, 3.63) is 192 Å². The lowest BCUT2D eigenvalue weighted by Gasteiger charge is -2.17. The molecule has 0 spiro atoms. The fourth-order valence-corrected chi connectivity index (χ4v) is 6.51. The molecule has 0 aromatic heterocycles. The van der Waals surface area contributed by atoms with Crippen molar-refractivity contribution in [2.24, 2.45) is 0 Å². The Kier molecular flexibility index (Phi) is 8.19. The van der Waals surface area contributed by atoms with Gasteiger partial charge < -0.3 is 0 Å². The summed E-state index contributed by atoms with van der Waals surface area (Å²) < 4.78 is 0. The second-order valence-electron chi connectivity index (χ2n) is 12.4. The third kappa shape index (κ3) is 6.08. The molecule has 0 radical (unpaired) electrons. The van der Waals surface area contributed by atoms with E-state index in [9.17, 15) is 0 Å². The topological polar surface area (TPSA) is 0 Å². The highest BCUT2D eigenvalue weighted by Gasteiger charge is 2.14. The molecule has 0 bridgehead atoms. The monoisotopic (exact) mass is 590 g/mol. The summed E-state index contributed by atoms with van der Waals surface area (Å²) in [5.74, 6) is 0. The van der Waals surface area contributed by atoms with Crippen LogP contribution in [0.4, 0.5) is 0 Å². The van der Waals surface area contributed by atoms with Crippen molar-refractivity contribution in [3.8, 4) is 55.6 Å². The predicted molar refractivity (Wildman–Crippen MR) is 197 cm³/mol. The van der Waals surface area contributed by atoms with Crippen LogP contribution in [0.3, 0.4) is 0 Å². The van der Waals surface area contributed by atoms with Crippen molar-refractivity contribution >= 4 is 0 Å². The minimum absolute atomic E-state index is 0.890. The molecule has 7 aromatic carbocycles. The average molecular weight is 591 g/mol. The molecule has 0 saturated carbocycles. The second kappa shape index (κ2) is 12.9. The van der Waals surface area contributed by atoms with Gasteiger partial charge in [0, 0.05) is 0 Å². The summed E-state index contributed by atoms with van der Waals surface area (Å²) >= 11 is 0. The zero-order valence-corrected chi connectivity index (χ0v) is 26.8. The average Bonchev–Trinajstić information content (AvgIpc) is 3.11. The summed E-state index contributed by atoms with van der Waals surface area (Å²) in [4.78, 5) is 0. The molecule has 0 amide bonds. The SMILES string of the molecule is Cc1ccc(-c2ccccc2)cc1-c1cc(-c2ccc(C)c(-c3cc(-c4ccccc4)ccc3Cc3ccccc3)c2)ccc1C. The molecule has 0 heteroatoms. The van der Waals surface area contributed by atoms with Crippen molar-refractivity contribution in [1.29, 1.82) is 0 Å². The Morgan fingerprint density at radius 3 is 1.11 bits per heavy atom. The van der Waals surface area contributed by atoms with Crippen LogP contribution in [-0.2, 0) is 6.42 Å². The molecular weight excluding hydrogens is 553 g/mol. The molecule has 0 aliphatic rings. The minimum Gasteiger partial charge on any atom is -0.0622 e. The van der Waals surface area contributed by atoms with E-state index >= 15 is 0 Å². The molecule has 0 aliphatic heterocycles. The predicted octanol–water partition coefficient (Wildman–Crippen LogP) is 12.5. The van der Waals surface area contributed by atoms with Crippen LogP contribution < -0.4 is 0 Å². The van der Waals surface area contributed by atoms with Gasteiger partial charge >= 0.3 is 0 Å². The zero-order chi connectivity index (χ0) is 31.5. The third-order valence-electron chi connectivity index (χ3n) is 9.19. The van der Waals surface area contributed by atoms with Crippen LogP contribution in [-0.4, -0.2) is 0 Å². The van der Waals surface area contributed by atoms with Crippen molar-refractivity contribution < 1.29 is 0 Å². The molecule has 7 aromatic rings. The lowest BCUT2D eigenvalue weighted by atomic mass is 9.87. The number of benzene rings is 7. The molecule has 0 nitrogen and oxygen atoms in total. The molecule has 0 unspecified atom stereocenters. The van der Waals surface area contributed by atoms with Gasteiger partial charge in [0.2, 0.25) is 0 Å². The highest BCUT2D eigenvalue weighted by Crippen LogP contribution is 2.38. The van der Waals surface area contributed by atoms with Crippen LogP contribution in [0.25, 0.3) is 55.6 Å². The van der Waals surface area contributed by atoms with Crippen molar-refractivity contribution in [1.82, 2.24) is 0 Å². The highest BCUT2D eigenvalue weighted by atomic mass is 14.2. The summed E-state index contributed by atoms with van der Waals surface area (Å²) in [7, 11) is 0. The summed E-state index contributed by atoms with van der Waals surface area (Å²) in [5.41, 5.74) is 19.1.